The molecular formula is C26H23F3O3. The van der Waals surface area contributed by atoms with Gasteiger partial charge in [-0.3, -0.25) is 0 Å². The Morgan fingerprint density at radius 1 is 0.844 bits per heavy atom. The van der Waals surface area contributed by atoms with Crippen molar-refractivity contribution in [2.75, 3.05) is 20.3 Å². The average Bonchev–Trinajstić information content (AvgIpc) is 2.82. The van der Waals surface area contributed by atoms with Crippen molar-refractivity contribution in [3.8, 4) is 28.0 Å². The highest BCUT2D eigenvalue weighted by atomic mass is 19.2. The van der Waals surface area contributed by atoms with Crippen molar-refractivity contribution >= 4 is 0 Å². The van der Waals surface area contributed by atoms with Crippen LogP contribution < -0.4 is 4.74 Å². The highest BCUT2D eigenvalue weighted by Crippen LogP contribution is 2.33. The van der Waals surface area contributed by atoms with Crippen molar-refractivity contribution in [3.05, 3.63) is 89.8 Å². The van der Waals surface area contributed by atoms with E-state index in [-0.39, 0.29) is 29.3 Å². The van der Waals surface area contributed by atoms with Crippen molar-refractivity contribution in [1.82, 2.24) is 0 Å². The van der Waals surface area contributed by atoms with E-state index >= 15 is 0 Å². The number of hydrogen-bond donors (Lipinski definition) is 0. The fourth-order valence-electron chi connectivity index (χ4n) is 3.74. The second-order valence-electron chi connectivity index (χ2n) is 7.52. The van der Waals surface area contributed by atoms with E-state index < -0.39 is 11.6 Å². The highest BCUT2D eigenvalue weighted by Gasteiger charge is 2.23. The summed E-state index contributed by atoms with van der Waals surface area (Å²) in [6.45, 7) is 2.80. The van der Waals surface area contributed by atoms with Gasteiger partial charge < -0.3 is 14.2 Å². The summed E-state index contributed by atoms with van der Waals surface area (Å²) >= 11 is 0. The smallest absolute Gasteiger partial charge is 0.201 e. The summed E-state index contributed by atoms with van der Waals surface area (Å²) in [6.07, 6.45) is 3.34. The molecule has 0 amide bonds. The van der Waals surface area contributed by atoms with Gasteiger partial charge in [0.1, 0.15) is 5.82 Å². The third-order valence-corrected chi connectivity index (χ3v) is 5.51. The molecule has 166 valence electrons. The largest absolute Gasteiger partial charge is 0.494 e. The van der Waals surface area contributed by atoms with E-state index in [0.717, 1.165) is 5.56 Å². The zero-order valence-corrected chi connectivity index (χ0v) is 17.8. The number of ether oxygens (including phenoxy) is 3. The molecule has 32 heavy (non-hydrogen) atoms. The Hall–Kier alpha value is -3.09. The molecule has 0 bridgehead atoms. The molecule has 6 heteroatoms. The van der Waals surface area contributed by atoms with E-state index in [1.807, 2.05) is 25.1 Å². The van der Waals surface area contributed by atoms with E-state index in [0.29, 0.717) is 29.9 Å². The summed E-state index contributed by atoms with van der Waals surface area (Å²) in [4.78, 5) is 0. The molecular weight excluding hydrogens is 417 g/mol. The van der Waals surface area contributed by atoms with Gasteiger partial charge in [-0.25, -0.2) is 8.78 Å². The van der Waals surface area contributed by atoms with Gasteiger partial charge in [0, 0.05) is 17.0 Å². The molecule has 1 aliphatic heterocycles. The fraction of sp³-hybridized carbons (Fsp3) is 0.231. The average molecular weight is 440 g/mol. The Morgan fingerprint density at radius 3 is 2.06 bits per heavy atom. The summed E-state index contributed by atoms with van der Waals surface area (Å²) in [5.74, 6) is -2.59. The van der Waals surface area contributed by atoms with Gasteiger partial charge in [-0.2, -0.15) is 4.39 Å². The van der Waals surface area contributed by atoms with E-state index in [4.69, 9.17) is 14.2 Å². The SMILES string of the molecule is C/C=C/C1OCC(c2ccc(-c3ccc(-c4ccc(OC)c(F)c4F)cc3)c(F)c2)CO1. The predicted molar refractivity (Wildman–Crippen MR) is 117 cm³/mol. The molecule has 3 nitrogen and oxygen atoms in total. The molecule has 0 aliphatic carbocycles. The van der Waals surface area contributed by atoms with E-state index in [9.17, 15) is 13.2 Å². The van der Waals surface area contributed by atoms with Crippen molar-refractivity contribution in [1.29, 1.82) is 0 Å². The first-order valence-corrected chi connectivity index (χ1v) is 10.3. The molecule has 1 fully saturated rings. The van der Waals surface area contributed by atoms with Crippen LogP contribution in [0.5, 0.6) is 5.75 Å². The number of benzene rings is 3. The third-order valence-electron chi connectivity index (χ3n) is 5.51. The number of rotatable bonds is 5. The van der Waals surface area contributed by atoms with Gasteiger partial charge in [0.15, 0.2) is 17.9 Å². The van der Waals surface area contributed by atoms with Crippen LogP contribution in [0.2, 0.25) is 0 Å². The van der Waals surface area contributed by atoms with Crippen LogP contribution in [0, 0.1) is 17.5 Å². The van der Waals surface area contributed by atoms with Gasteiger partial charge in [0.05, 0.1) is 20.3 Å². The number of allylic oxidation sites excluding steroid dienone is 1. The van der Waals surface area contributed by atoms with Gasteiger partial charge in [0.25, 0.3) is 0 Å². The van der Waals surface area contributed by atoms with Gasteiger partial charge in [-0.15, -0.1) is 0 Å². The van der Waals surface area contributed by atoms with Gasteiger partial charge >= 0.3 is 0 Å². The quantitative estimate of drug-likeness (QED) is 0.425. The number of hydrogen-bond acceptors (Lipinski definition) is 3. The Kier molecular flexibility index (Phi) is 6.63. The maximum absolute atomic E-state index is 14.9. The second kappa shape index (κ2) is 9.59. The van der Waals surface area contributed by atoms with Crippen LogP contribution >= 0.6 is 0 Å². The standard InChI is InChI=1S/C26H23F3O3/c1-3-4-24-31-14-19(15-32-24)18-9-10-20(22(27)13-18)16-5-7-17(8-6-16)21-11-12-23(30-2)26(29)25(21)28/h3-13,19,24H,14-15H2,1-2H3/b4-3+. The maximum Gasteiger partial charge on any atom is 0.201 e. The van der Waals surface area contributed by atoms with Crippen molar-refractivity contribution < 1.29 is 27.4 Å². The molecule has 0 saturated carbocycles. The minimum absolute atomic E-state index is 0.0459. The molecule has 1 heterocycles. The minimum atomic E-state index is -1.04. The van der Waals surface area contributed by atoms with Crippen molar-refractivity contribution in [2.45, 2.75) is 19.1 Å². The fourth-order valence-corrected chi connectivity index (χ4v) is 3.74. The predicted octanol–water partition coefficient (Wildman–Crippen LogP) is 6.48. The molecule has 1 saturated heterocycles. The van der Waals surface area contributed by atoms with Crippen LogP contribution in [0.15, 0.2) is 66.7 Å². The van der Waals surface area contributed by atoms with Crippen LogP contribution in [0.3, 0.4) is 0 Å². The normalized spacial score (nSPS) is 18.8. The first-order valence-electron chi connectivity index (χ1n) is 10.3. The van der Waals surface area contributed by atoms with E-state index in [2.05, 4.69) is 0 Å². The summed E-state index contributed by atoms with van der Waals surface area (Å²) in [6, 6.07) is 14.5. The van der Waals surface area contributed by atoms with Crippen LogP contribution in [0.1, 0.15) is 18.4 Å². The Labute approximate surface area is 185 Å². The van der Waals surface area contributed by atoms with Crippen LogP contribution in [-0.2, 0) is 9.47 Å². The number of halogens is 3. The third kappa shape index (κ3) is 4.42. The molecule has 0 spiro atoms. The summed E-state index contributed by atoms with van der Waals surface area (Å²) in [7, 11) is 1.28. The molecule has 1 aliphatic rings. The zero-order chi connectivity index (χ0) is 22.7. The monoisotopic (exact) mass is 440 g/mol. The van der Waals surface area contributed by atoms with Crippen LogP contribution in [0.4, 0.5) is 13.2 Å². The lowest BCUT2D eigenvalue weighted by molar-refractivity contribution is -0.159. The first-order chi connectivity index (χ1) is 15.5. The maximum atomic E-state index is 14.9. The molecule has 4 rings (SSSR count). The molecule has 0 atom stereocenters. The van der Waals surface area contributed by atoms with Crippen molar-refractivity contribution in [2.24, 2.45) is 0 Å². The topological polar surface area (TPSA) is 27.7 Å². The molecule has 3 aromatic carbocycles. The second-order valence-corrected chi connectivity index (χ2v) is 7.52. The zero-order valence-electron chi connectivity index (χ0n) is 17.8. The van der Waals surface area contributed by atoms with Gasteiger partial charge in [-0.1, -0.05) is 42.5 Å². The molecule has 0 unspecified atom stereocenters. The van der Waals surface area contributed by atoms with E-state index in [1.54, 1.807) is 30.3 Å². The van der Waals surface area contributed by atoms with Gasteiger partial charge in [-0.05, 0) is 47.9 Å². The van der Waals surface area contributed by atoms with Crippen LogP contribution in [-0.4, -0.2) is 26.6 Å². The molecule has 3 aromatic rings. The summed E-state index contributed by atoms with van der Waals surface area (Å²) in [5, 5.41) is 0. The Morgan fingerprint density at radius 2 is 1.47 bits per heavy atom. The Bertz CT molecular complexity index is 1120. The van der Waals surface area contributed by atoms with Crippen molar-refractivity contribution in [3.63, 3.8) is 0 Å². The highest BCUT2D eigenvalue weighted by molar-refractivity contribution is 5.71. The molecule has 0 radical (unpaired) electrons. The lowest BCUT2D eigenvalue weighted by atomic mass is 9.95. The number of methoxy groups -OCH3 is 1. The van der Waals surface area contributed by atoms with Gasteiger partial charge in [0.2, 0.25) is 5.82 Å². The lowest BCUT2D eigenvalue weighted by Gasteiger charge is -2.28. The summed E-state index contributed by atoms with van der Waals surface area (Å²) < 4.78 is 59.4. The lowest BCUT2D eigenvalue weighted by Crippen LogP contribution is -2.29. The first kappa shape index (κ1) is 22.1. The van der Waals surface area contributed by atoms with E-state index in [1.165, 1.54) is 25.3 Å². The minimum Gasteiger partial charge on any atom is -0.494 e. The molecule has 0 aromatic heterocycles. The summed E-state index contributed by atoms with van der Waals surface area (Å²) in [5.41, 5.74) is 2.45. The molecule has 0 N–H and O–H groups in total. The Balaban J connectivity index is 1.53. The van der Waals surface area contributed by atoms with Crippen LogP contribution in [0.25, 0.3) is 22.3 Å².